The Labute approximate surface area is 119 Å². The van der Waals surface area contributed by atoms with Crippen molar-refractivity contribution in [1.82, 2.24) is 5.32 Å². The fourth-order valence-corrected chi connectivity index (χ4v) is 2.20. The van der Waals surface area contributed by atoms with E-state index in [-0.39, 0.29) is 11.9 Å². The lowest BCUT2D eigenvalue weighted by atomic mass is 10.1. The summed E-state index contributed by atoms with van der Waals surface area (Å²) >= 11 is 0. The number of halogens is 1. The summed E-state index contributed by atoms with van der Waals surface area (Å²) in [5.41, 5.74) is 0.908. The molecule has 0 aromatic heterocycles. The lowest BCUT2D eigenvalue weighted by Gasteiger charge is -2.19. The van der Waals surface area contributed by atoms with E-state index in [0.29, 0.717) is 18.9 Å². The molecule has 4 heteroatoms. The van der Waals surface area contributed by atoms with Gasteiger partial charge < -0.3 is 14.8 Å². The number of nitrogens with one attached hydrogen (secondary N) is 1. The van der Waals surface area contributed by atoms with Crippen LogP contribution in [0.1, 0.15) is 24.8 Å². The highest BCUT2D eigenvalue weighted by Crippen LogP contribution is 2.23. The number of hydrogen-bond acceptors (Lipinski definition) is 3. The average Bonchev–Trinajstić information content (AvgIpc) is 2.47. The third-order valence-corrected chi connectivity index (χ3v) is 3.30. The minimum absolute atomic E-state index is 0.00364. The van der Waals surface area contributed by atoms with E-state index in [1.54, 1.807) is 13.2 Å². The zero-order valence-electron chi connectivity index (χ0n) is 11.9. The molecule has 0 fully saturated rings. The van der Waals surface area contributed by atoms with Crippen molar-refractivity contribution in [2.45, 2.75) is 31.9 Å². The van der Waals surface area contributed by atoms with Gasteiger partial charge in [0.25, 0.3) is 0 Å². The van der Waals surface area contributed by atoms with Gasteiger partial charge in [-0.15, -0.1) is 0 Å². The molecule has 0 amide bonds. The first-order valence-electron chi connectivity index (χ1n) is 7.11. The van der Waals surface area contributed by atoms with E-state index in [1.807, 2.05) is 12.1 Å². The van der Waals surface area contributed by atoms with Gasteiger partial charge in [-0.3, -0.25) is 0 Å². The van der Waals surface area contributed by atoms with E-state index in [4.69, 9.17) is 9.47 Å². The quantitative estimate of drug-likeness (QED) is 0.614. The minimum Gasteiger partial charge on any atom is -0.483 e. The zero-order chi connectivity index (χ0) is 14.2. The molecular formula is C16H22FNO2. The largest absolute Gasteiger partial charge is 0.483 e. The van der Waals surface area contributed by atoms with E-state index >= 15 is 0 Å². The molecule has 0 saturated heterocycles. The highest BCUT2D eigenvalue weighted by Gasteiger charge is 2.12. The normalized spacial score (nSPS) is 18.2. The molecule has 0 radical (unpaired) electrons. The van der Waals surface area contributed by atoms with Crippen LogP contribution in [0.15, 0.2) is 30.4 Å². The van der Waals surface area contributed by atoms with Crippen molar-refractivity contribution in [3.63, 3.8) is 0 Å². The molecule has 1 aliphatic rings. The maximum absolute atomic E-state index is 14.0. The zero-order valence-corrected chi connectivity index (χ0v) is 11.9. The van der Waals surface area contributed by atoms with Crippen LogP contribution in [0.5, 0.6) is 5.75 Å². The molecule has 0 aliphatic heterocycles. The van der Waals surface area contributed by atoms with Gasteiger partial charge >= 0.3 is 0 Å². The van der Waals surface area contributed by atoms with Crippen molar-refractivity contribution < 1.29 is 13.9 Å². The summed E-state index contributed by atoms with van der Waals surface area (Å²) in [5.74, 6) is 0.0391. The van der Waals surface area contributed by atoms with E-state index in [9.17, 15) is 4.39 Å². The molecule has 0 saturated carbocycles. The van der Waals surface area contributed by atoms with Crippen LogP contribution in [0.2, 0.25) is 0 Å². The molecule has 110 valence electrons. The summed E-state index contributed by atoms with van der Waals surface area (Å²) in [6.45, 7) is 2.03. The van der Waals surface area contributed by atoms with Crippen LogP contribution in [-0.2, 0) is 11.3 Å². The van der Waals surface area contributed by atoms with Gasteiger partial charge in [-0.1, -0.05) is 12.1 Å². The Morgan fingerprint density at radius 1 is 1.40 bits per heavy atom. The van der Waals surface area contributed by atoms with Crippen molar-refractivity contribution in [2.24, 2.45) is 0 Å². The van der Waals surface area contributed by atoms with Gasteiger partial charge in [-0.05, 0) is 43.0 Å². The summed E-state index contributed by atoms with van der Waals surface area (Å²) in [6.07, 6.45) is 7.27. The number of benzene rings is 1. The third kappa shape index (κ3) is 4.62. The predicted molar refractivity (Wildman–Crippen MR) is 77.4 cm³/mol. The molecule has 1 atom stereocenters. The topological polar surface area (TPSA) is 30.5 Å². The van der Waals surface area contributed by atoms with Crippen molar-refractivity contribution in [3.8, 4) is 5.75 Å². The molecule has 2 rings (SSSR count). The Morgan fingerprint density at radius 3 is 3.00 bits per heavy atom. The van der Waals surface area contributed by atoms with Crippen molar-refractivity contribution in [3.05, 3.63) is 41.7 Å². The van der Waals surface area contributed by atoms with Gasteiger partial charge in [0, 0.05) is 20.2 Å². The van der Waals surface area contributed by atoms with Gasteiger partial charge in [0.15, 0.2) is 11.6 Å². The molecule has 1 aliphatic carbocycles. The Kier molecular flexibility index (Phi) is 6.02. The first kappa shape index (κ1) is 15.0. The number of rotatable bonds is 7. The van der Waals surface area contributed by atoms with E-state index in [0.717, 1.165) is 31.4 Å². The number of methoxy groups -OCH3 is 1. The van der Waals surface area contributed by atoms with Crippen LogP contribution in [0.4, 0.5) is 4.39 Å². The lowest BCUT2D eigenvalue weighted by Crippen LogP contribution is -2.19. The van der Waals surface area contributed by atoms with Crippen molar-refractivity contribution in [1.29, 1.82) is 0 Å². The van der Waals surface area contributed by atoms with Crippen molar-refractivity contribution in [2.75, 3.05) is 20.3 Å². The molecule has 1 unspecified atom stereocenters. The average molecular weight is 279 g/mol. The Morgan fingerprint density at radius 2 is 2.30 bits per heavy atom. The van der Waals surface area contributed by atoms with Crippen molar-refractivity contribution >= 4 is 0 Å². The Balaban J connectivity index is 1.88. The van der Waals surface area contributed by atoms with Crippen LogP contribution in [0.25, 0.3) is 0 Å². The van der Waals surface area contributed by atoms with E-state index in [2.05, 4.69) is 11.4 Å². The molecule has 1 aromatic rings. The first-order chi connectivity index (χ1) is 9.79. The molecular weight excluding hydrogens is 257 g/mol. The smallest absolute Gasteiger partial charge is 0.165 e. The van der Waals surface area contributed by atoms with Crippen LogP contribution in [0, 0.1) is 5.82 Å². The second-order valence-corrected chi connectivity index (χ2v) is 4.95. The lowest BCUT2D eigenvalue weighted by molar-refractivity contribution is 0.199. The fraction of sp³-hybridized carbons (Fsp3) is 0.500. The second kappa shape index (κ2) is 8.02. The van der Waals surface area contributed by atoms with Crippen LogP contribution < -0.4 is 10.1 Å². The maximum atomic E-state index is 14.0. The highest BCUT2D eigenvalue weighted by molar-refractivity contribution is 5.30. The summed E-state index contributed by atoms with van der Waals surface area (Å²) in [7, 11) is 1.66. The first-order valence-corrected chi connectivity index (χ1v) is 7.11. The Bertz CT molecular complexity index is 448. The molecule has 1 N–H and O–H groups in total. The number of allylic oxidation sites excluding steroid dienone is 1. The van der Waals surface area contributed by atoms with Crippen LogP contribution in [0.3, 0.4) is 0 Å². The molecule has 0 heterocycles. The third-order valence-electron chi connectivity index (χ3n) is 3.30. The minimum atomic E-state index is -0.296. The molecule has 3 nitrogen and oxygen atoms in total. The molecule has 0 bridgehead atoms. The van der Waals surface area contributed by atoms with Gasteiger partial charge in [0.1, 0.15) is 6.10 Å². The summed E-state index contributed by atoms with van der Waals surface area (Å²) in [5, 5.41) is 3.19. The fourth-order valence-electron chi connectivity index (χ4n) is 2.20. The van der Waals surface area contributed by atoms with Gasteiger partial charge in [0.2, 0.25) is 0 Å². The second-order valence-electron chi connectivity index (χ2n) is 4.95. The SMILES string of the molecule is COCCNCc1ccc(OC2C=CCCC2)c(F)c1. The van der Waals surface area contributed by atoms with Gasteiger partial charge in [0.05, 0.1) is 6.61 Å². The van der Waals surface area contributed by atoms with Gasteiger partial charge in [-0.2, -0.15) is 0 Å². The molecule has 20 heavy (non-hydrogen) atoms. The summed E-state index contributed by atoms with van der Waals surface area (Å²) in [6, 6.07) is 5.14. The number of ether oxygens (including phenoxy) is 2. The Hall–Kier alpha value is -1.39. The summed E-state index contributed by atoms with van der Waals surface area (Å²) < 4.78 is 24.6. The van der Waals surface area contributed by atoms with Gasteiger partial charge in [-0.25, -0.2) is 4.39 Å². The maximum Gasteiger partial charge on any atom is 0.165 e. The van der Waals surface area contributed by atoms with Crippen LogP contribution >= 0.6 is 0 Å². The monoisotopic (exact) mass is 279 g/mol. The standard InChI is InChI=1S/C16H22FNO2/c1-19-10-9-18-12-13-7-8-16(15(17)11-13)20-14-5-3-2-4-6-14/h3,5,7-8,11,14,18H,2,4,6,9-10,12H2,1H3. The highest BCUT2D eigenvalue weighted by atomic mass is 19.1. The molecule has 0 spiro atoms. The van der Waals surface area contributed by atoms with Crippen LogP contribution in [-0.4, -0.2) is 26.4 Å². The van der Waals surface area contributed by atoms with E-state index < -0.39 is 0 Å². The number of hydrogen-bond donors (Lipinski definition) is 1. The van der Waals surface area contributed by atoms with E-state index in [1.165, 1.54) is 6.07 Å². The molecule has 1 aromatic carbocycles. The predicted octanol–water partition coefficient (Wildman–Crippen LogP) is 3.05. The summed E-state index contributed by atoms with van der Waals surface area (Å²) in [4.78, 5) is 0.